The van der Waals surface area contributed by atoms with E-state index in [9.17, 15) is 9.59 Å². The summed E-state index contributed by atoms with van der Waals surface area (Å²) < 4.78 is -0.0480. The molecule has 5 rings (SSSR count). The number of quaternary nitrogens is 1. The summed E-state index contributed by atoms with van der Waals surface area (Å²) in [4.78, 5) is 34.4. The molecule has 0 spiro atoms. The van der Waals surface area contributed by atoms with Crippen molar-refractivity contribution in [2.45, 2.75) is 24.0 Å². The van der Waals surface area contributed by atoms with Crippen LogP contribution in [0, 0.1) is 0 Å². The van der Waals surface area contributed by atoms with Gasteiger partial charge in [-0.25, -0.2) is 14.3 Å². The van der Waals surface area contributed by atoms with E-state index in [2.05, 4.69) is 9.97 Å². The number of fused-ring (bicyclic) bond motifs is 1. The highest BCUT2D eigenvalue weighted by atomic mass is 32.2. The Hall–Kier alpha value is -3.42. The summed E-state index contributed by atoms with van der Waals surface area (Å²) in [6.07, 6.45) is 1.36. The average Bonchev–Trinajstić information content (AvgIpc) is 3.48. The molecule has 6 nitrogen and oxygen atoms in total. The molecule has 0 aliphatic carbocycles. The first kappa shape index (κ1) is 21.4. The van der Waals surface area contributed by atoms with E-state index < -0.39 is 11.9 Å². The molecule has 1 unspecified atom stereocenters. The number of amides is 2. The van der Waals surface area contributed by atoms with E-state index in [1.807, 2.05) is 78.9 Å². The Bertz CT molecular complexity index is 1290. The number of nitrogens with zero attached hydrogens (tertiary/aromatic N) is 2. The first-order valence-electron chi connectivity index (χ1n) is 11.0. The lowest BCUT2D eigenvalue weighted by atomic mass is 10.00. The maximum atomic E-state index is 14.0. The number of nitrogens with two attached hydrogens (primary N) is 1. The van der Waals surface area contributed by atoms with Crippen LogP contribution < -0.4 is 10.2 Å². The van der Waals surface area contributed by atoms with Crippen molar-refractivity contribution in [3.05, 3.63) is 78.9 Å². The largest absolute Gasteiger partial charge is 0.364 e. The van der Waals surface area contributed by atoms with Gasteiger partial charge in [-0.1, -0.05) is 66.4 Å². The summed E-state index contributed by atoms with van der Waals surface area (Å²) in [6, 6.07) is 25.0. The number of primary amides is 1. The van der Waals surface area contributed by atoms with E-state index in [0.717, 1.165) is 34.3 Å². The second-order valence-electron chi connectivity index (χ2n) is 8.28. The number of aromatic amines is 1. The fraction of sp³-hybridized carbons (Fsp3) is 0.192. The highest BCUT2D eigenvalue weighted by molar-refractivity contribution is 7.99. The van der Waals surface area contributed by atoms with Gasteiger partial charge in [0, 0.05) is 24.5 Å². The molecular formula is C26H25N4O2S+. The molecule has 7 heteroatoms. The van der Waals surface area contributed by atoms with Gasteiger partial charge < -0.3 is 10.7 Å². The first-order valence-corrected chi connectivity index (χ1v) is 12.0. The number of H-pyrrole nitrogens is 1. The molecule has 1 aliphatic rings. The quantitative estimate of drug-likeness (QED) is 0.329. The minimum absolute atomic E-state index is 0.0369. The van der Waals surface area contributed by atoms with Gasteiger partial charge in [0.2, 0.25) is 0 Å². The molecule has 1 aromatic heterocycles. The SMILES string of the molecule is NC(=O)[C@@H]1CCC[N+]1(C(=O)CSc1nc2ccccc2[nH]1)c1ccccc1-c1ccccc1. The highest BCUT2D eigenvalue weighted by Gasteiger charge is 2.53. The number of hydrogen-bond donors (Lipinski definition) is 2. The lowest BCUT2D eigenvalue weighted by molar-refractivity contribution is -0.134. The molecule has 166 valence electrons. The van der Waals surface area contributed by atoms with Gasteiger partial charge in [-0.3, -0.25) is 4.79 Å². The van der Waals surface area contributed by atoms with Crippen LogP contribution in [-0.4, -0.2) is 40.1 Å². The molecule has 0 saturated carbocycles. The highest BCUT2D eigenvalue weighted by Crippen LogP contribution is 2.42. The third-order valence-electron chi connectivity index (χ3n) is 6.41. The maximum Gasteiger partial charge on any atom is 0.329 e. The minimum Gasteiger partial charge on any atom is -0.364 e. The molecule has 0 bridgehead atoms. The van der Waals surface area contributed by atoms with Crippen LogP contribution in [0.15, 0.2) is 84.0 Å². The van der Waals surface area contributed by atoms with Crippen molar-refractivity contribution in [2.24, 2.45) is 5.73 Å². The van der Waals surface area contributed by atoms with Crippen LogP contribution in [0.4, 0.5) is 5.69 Å². The number of rotatable bonds is 6. The van der Waals surface area contributed by atoms with Gasteiger partial charge in [-0.2, -0.15) is 0 Å². The number of carbonyl (C=O) groups is 2. The zero-order valence-corrected chi connectivity index (χ0v) is 18.9. The van der Waals surface area contributed by atoms with E-state index in [0.29, 0.717) is 18.1 Å². The number of imidazole rings is 1. The average molecular weight is 458 g/mol. The Kier molecular flexibility index (Phi) is 5.74. The topological polar surface area (TPSA) is 88.8 Å². The summed E-state index contributed by atoms with van der Waals surface area (Å²) in [5, 5.41) is 0.689. The van der Waals surface area contributed by atoms with Crippen LogP contribution in [0.25, 0.3) is 22.2 Å². The van der Waals surface area contributed by atoms with Crippen molar-refractivity contribution in [1.29, 1.82) is 0 Å². The number of hydrogen-bond acceptors (Lipinski definition) is 4. The number of thioether (sulfide) groups is 1. The lowest BCUT2D eigenvalue weighted by Gasteiger charge is -2.36. The zero-order valence-electron chi connectivity index (χ0n) is 18.1. The number of para-hydroxylation sites is 3. The van der Waals surface area contributed by atoms with Crippen molar-refractivity contribution in [3.8, 4) is 11.1 Å². The Morgan fingerprint density at radius 3 is 2.52 bits per heavy atom. The number of aromatic nitrogens is 2. The van der Waals surface area contributed by atoms with Crippen LogP contribution in [0.3, 0.4) is 0 Å². The molecule has 2 heterocycles. The van der Waals surface area contributed by atoms with Crippen LogP contribution in [0.5, 0.6) is 0 Å². The summed E-state index contributed by atoms with van der Waals surface area (Å²) in [5.74, 6) is -0.283. The van der Waals surface area contributed by atoms with Crippen molar-refractivity contribution in [1.82, 2.24) is 14.5 Å². The van der Waals surface area contributed by atoms with Gasteiger partial charge in [0.1, 0.15) is 11.4 Å². The Labute approximate surface area is 196 Å². The molecule has 2 amide bonds. The Morgan fingerprint density at radius 2 is 1.73 bits per heavy atom. The van der Waals surface area contributed by atoms with E-state index in [1.165, 1.54) is 11.8 Å². The van der Waals surface area contributed by atoms with Crippen LogP contribution in [0.2, 0.25) is 0 Å². The minimum atomic E-state index is -0.585. The van der Waals surface area contributed by atoms with Crippen molar-refractivity contribution < 1.29 is 9.59 Å². The fourth-order valence-corrected chi connectivity index (χ4v) is 5.75. The molecule has 4 aromatic rings. The van der Waals surface area contributed by atoms with Gasteiger partial charge in [0.15, 0.2) is 11.2 Å². The molecule has 33 heavy (non-hydrogen) atoms. The predicted octanol–water partition coefficient (Wildman–Crippen LogP) is 4.50. The van der Waals surface area contributed by atoms with Crippen LogP contribution >= 0.6 is 11.8 Å². The number of likely N-dealkylation sites (tertiary alicyclic amines) is 1. The summed E-state index contributed by atoms with van der Waals surface area (Å²) in [7, 11) is 0. The van der Waals surface area contributed by atoms with Crippen LogP contribution in [-0.2, 0) is 9.59 Å². The molecule has 2 atom stereocenters. The summed E-state index contributed by atoms with van der Waals surface area (Å²) >= 11 is 1.37. The number of benzene rings is 3. The second-order valence-corrected chi connectivity index (χ2v) is 9.24. The van der Waals surface area contributed by atoms with Crippen molar-refractivity contribution in [2.75, 3.05) is 12.3 Å². The van der Waals surface area contributed by atoms with E-state index in [1.54, 1.807) is 0 Å². The molecule has 1 saturated heterocycles. The van der Waals surface area contributed by atoms with E-state index in [4.69, 9.17) is 5.73 Å². The van der Waals surface area contributed by atoms with Gasteiger partial charge in [0.25, 0.3) is 5.91 Å². The predicted molar refractivity (Wildman–Crippen MR) is 133 cm³/mol. The molecule has 0 radical (unpaired) electrons. The maximum absolute atomic E-state index is 14.0. The summed E-state index contributed by atoms with van der Waals surface area (Å²) in [5.41, 5.74) is 10.5. The molecule has 1 fully saturated rings. The smallest absolute Gasteiger partial charge is 0.329 e. The normalized spacial score (nSPS) is 20.2. The molecule has 1 aliphatic heterocycles. The van der Waals surface area contributed by atoms with Gasteiger partial charge in [-0.05, 0) is 23.8 Å². The van der Waals surface area contributed by atoms with Gasteiger partial charge in [0.05, 0.1) is 17.6 Å². The standard InChI is InChI=1S/C26H24N4O2S/c27-25(32)23-15-8-16-30(23,22-14-7-4-11-19(22)18-9-2-1-3-10-18)24(31)17-33-26-28-20-12-5-6-13-21(20)29-26/h1-7,9-14,23H,8,15-17H2,(H2-,27,28,29,32)/p+1/t23-,30?/m0/s1. The van der Waals surface area contributed by atoms with E-state index in [-0.39, 0.29) is 16.1 Å². The third-order valence-corrected chi connectivity index (χ3v) is 7.27. The van der Waals surface area contributed by atoms with Crippen molar-refractivity contribution in [3.63, 3.8) is 0 Å². The van der Waals surface area contributed by atoms with Crippen molar-refractivity contribution >= 4 is 40.3 Å². The molecule has 3 aromatic carbocycles. The van der Waals surface area contributed by atoms with Gasteiger partial charge >= 0.3 is 5.91 Å². The first-order chi connectivity index (χ1) is 16.1. The lowest BCUT2D eigenvalue weighted by Crippen LogP contribution is -2.62. The number of nitrogens with one attached hydrogen (secondary N) is 1. The van der Waals surface area contributed by atoms with Gasteiger partial charge in [-0.15, -0.1) is 0 Å². The second kappa shape index (κ2) is 8.84. The monoisotopic (exact) mass is 457 g/mol. The number of carbonyl (C=O) groups excluding carboxylic acids is 2. The third kappa shape index (κ3) is 3.83. The fourth-order valence-electron chi connectivity index (χ4n) is 4.92. The van der Waals surface area contributed by atoms with Crippen LogP contribution in [0.1, 0.15) is 12.8 Å². The Morgan fingerprint density at radius 1 is 1.00 bits per heavy atom. The molecule has 3 N–H and O–H groups in total. The van der Waals surface area contributed by atoms with E-state index >= 15 is 0 Å². The summed E-state index contributed by atoms with van der Waals surface area (Å²) in [6.45, 7) is 0.553. The Balaban J connectivity index is 1.54. The molecular weight excluding hydrogens is 432 g/mol. The zero-order chi connectivity index (χ0) is 22.8.